The molecule has 18 heavy (non-hydrogen) atoms. The predicted molar refractivity (Wildman–Crippen MR) is 63.6 cm³/mol. The van der Waals surface area contributed by atoms with E-state index in [2.05, 4.69) is 4.99 Å². The van der Waals surface area contributed by atoms with Gasteiger partial charge in [-0.25, -0.2) is 9.79 Å². The number of aliphatic imine (C=N–C) groups is 1. The van der Waals surface area contributed by atoms with Gasteiger partial charge in [0, 0.05) is 5.56 Å². The smallest absolute Gasteiger partial charge is 0.334 e. The Morgan fingerprint density at radius 1 is 1.11 bits per heavy atom. The molecule has 0 saturated carbocycles. The summed E-state index contributed by atoms with van der Waals surface area (Å²) in [6, 6.07) is 3.36. The zero-order valence-electron chi connectivity index (χ0n) is 10.4. The van der Waals surface area contributed by atoms with Gasteiger partial charge >= 0.3 is 5.97 Å². The highest BCUT2D eigenvalue weighted by molar-refractivity contribution is 6.05. The summed E-state index contributed by atoms with van der Waals surface area (Å²) in [4.78, 5) is 15.0. The molecule has 1 aromatic carbocycles. The molecule has 96 valence electrons. The Bertz CT molecular complexity index is 484. The highest BCUT2D eigenvalue weighted by Gasteiger charge is 2.22. The summed E-state index contributed by atoms with van der Waals surface area (Å²) in [5.41, 5.74) is 0.607. The number of carbonyl (C=O) groups is 1. The molecule has 0 radical (unpaired) electrons. The van der Waals surface area contributed by atoms with Crippen LogP contribution in [0, 0.1) is 0 Å². The lowest BCUT2D eigenvalue weighted by molar-refractivity contribution is -0.132. The van der Waals surface area contributed by atoms with Crippen LogP contribution in [0.4, 0.5) is 0 Å². The van der Waals surface area contributed by atoms with Gasteiger partial charge in [-0.2, -0.15) is 0 Å². The third-order valence-corrected chi connectivity index (χ3v) is 2.47. The Balaban J connectivity index is 2.47. The lowest BCUT2D eigenvalue weighted by atomic mass is 10.2. The second-order valence-corrected chi connectivity index (χ2v) is 3.51. The fourth-order valence-electron chi connectivity index (χ4n) is 1.66. The first kappa shape index (κ1) is 12.2. The van der Waals surface area contributed by atoms with Crippen LogP contribution < -0.4 is 14.2 Å². The molecule has 1 aliphatic rings. The standard InChI is InChI=1S/C12H13NO5/c1-15-8-4-7(12-13-6-10(14)18-12)5-9(16-2)11(8)17-3/h4-5H,6H2,1-3H3. The van der Waals surface area contributed by atoms with Gasteiger partial charge in [-0.05, 0) is 12.1 Å². The van der Waals surface area contributed by atoms with Crippen molar-refractivity contribution in [2.45, 2.75) is 0 Å². The van der Waals surface area contributed by atoms with Gasteiger partial charge in [0.15, 0.2) is 11.5 Å². The number of esters is 1. The van der Waals surface area contributed by atoms with Gasteiger partial charge < -0.3 is 18.9 Å². The lowest BCUT2D eigenvalue weighted by Crippen LogP contribution is -2.07. The zero-order chi connectivity index (χ0) is 13.1. The molecular weight excluding hydrogens is 238 g/mol. The quantitative estimate of drug-likeness (QED) is 0.747. The fourth-order valence-corrected chi connectivity index (χ4v) is 1.66. The Labute approximate surface area is 104 Å². The molecule has 0 aromatic heterocycles. The van der Waals surface area contributed by atoms with E-state index in [0.29, 0.717) is 22.8 Å². The van der Waals surface area contributed by atoms with E-state index < -0.39 is 0 Å². The second kappa shape index (κ2) is 4.95. The van der Waals surface area contributed by atoms with Crippen molar-refractivity contribution >= 4 is 11.9 Å². The van der Waals surface area contributed by atoms with E-state index in [1.54, 1.807) is 12.1 Å². The van der Waals surface area contributed by atoms with E-state index in [-0.39, 0.29) is 18.4 Å². The van der Waals surface area contributed by atoms with Crippen LogP contribution in [0.15, 0.2) is 17.1 Å². The van der Waals surface area contributed by atoms with Crippen molar-refractivity contribution in [2.24, 2.45) is 4.99 Å². The summed E-state index contributed by atoms with van der Waals surface area (Å²) in [7, 11) is 4.56. The maximum absolute atomic E-state index is 11.0. The van der Waals surface area contributed by atoms with E-state index in [1.165, 1.54) is 21.3 Å². The zero-order valence-corrected chi connectivity index (χ0v) is 10.4. The van der Waals surface area contributed by atoms with Crippen LogP contribution in [-0.2, 0) is 9.53 Å². The number of rotatable bonds is 4. The van der Waals surface area contributed by atoms with Crippen molar-refractivity contribution in [3.8, 4) is 17.2 Å². The van der Waals surface area contributed by atoms with Crippen molar-refractivity contribution in [3.05, 3.63) is 17.7 Å². The molecule has 0 aliphatic carbocycles. The summed E-state index contributed by atoms with van der Waals surface area (Å²) in [5, 5.41) is 0. The minimum atomic E-state index is -0.376. The largest absolute Gasteiger partial charge is 0.493 e. The number of methoxy groups -OCH3 is 3. The summed E-state index contributed by atoms with van der Waals surface area (Å²) >= 11 is 0. The maximum Gasteiger partial charge on any atom is 0.334 e. The van der Waals surface area contributed by atoms with Crippen LogP contribution >= 0.6 is 0 Å². The van der Waals surface area contributed by atoms with Crippen molar-refractivity contribution in [3.63, 3.8) is 0 Å². The van der Waals surface area contributed by atoms with E-state index in [9.17, 15) is 4.79 Å². The molecule has 0 fully saturated rings. The van der Waals surface area contributed by atoms with Gasteiger partial charge in [-0.15, -0.1) is 0 Å². The third-order valence-electron chi connectivity index (χ3n) is 2.47. The van der Waals surface area contributed by atoms with Crippen LogP contribution in [0.5, 0.6) is 17.2 Å². The molecular formula is C12H13NO5. The Morgan fingerprint density at radius 2 is 1.72 bits per heavy atom. The molecule has 0 saturated heterocycles. The monoisotopic (exact) mass is 251 g/mol. The molecule has 6 heteroatoms. The van der Waals surface area contributed by atoms with Crippen molar-refractivity contribution in [1.29, 1.82) is 0 Å². The number of benzene rings is 1. The number of cyclic esters (lactones) is 1. The molecule has 1 aliphatic heterocycles. The predicted octanol–water partition coefficient (Wildman–Crippen LogP) is 1.02. The third kappa shape index (κ3) is 2.09. The number of carbonyl (C=O) groups excluding carboxylic acids is 1. The molecule has 0 atom stereocenters. The number of nitrogens with zero attached hydrogens (tertiary/aromatic N) is 1. The first-order valence-corrected chi connectivity index (χ1v) is 5.25. The maximum atomic E-state index is 11.0. The van der Waals surface area contributed by atoms with Crippen molar-refractivity contribution < 1.29 is 23.7 Å². The first-order chi connectivity index (χ1) is 8.69. The van der Waals surface area contributed by atoms with Gasteiger partial charge in [0.05, 0.1) is 21.3 Å². The summed E-state index contributed by atoms with van der Waals surface area (Å²) in [6.07, 6.45) is 0. The second-order valence-electron chi connectivity index (χ2n) is 3.51. The lowest BCUT2D eigenvalue weighted by Gasteiger charge is -2.13. The topological polar surface area (TPSA) is 66.4 Å². The Hall–Kier alpha value is -2.24. The minimum Gasteiger partial charge on any atom is -0.493 e. The molecule has 0 spiro atoms. The van der Waals surface area contributed by atoms with E-state index >= 15 is 0 Å². The molecule has 2 rings (SSSR count). The highest BCUT2D eigenvalue weighted by Crippen LogP contribution is 2.38. The minimum absolute atomic E-state index is 0.0337. The summed E-state index contributed by atoms with van der Waals surface area (Å²) in [6.45, 7) is 0.0337. The van der Waals surface area contributed by atoms with Gasteiger partial charge in [-0.1, -0.05) is 0 Å². The normalized spacial score (nSPS) is 13.9. The molecule has 0 unspecified atom stereocenters. The number of ether oxygens (including phenoxy) is 4. The van der Waals surface area contributed by atoms with E-state index in [0.717, 1.165) is 0 Å². The van der Waals surface area contributed by atoms with Gasteiger partial charge in [0.2, 0.25) is 11.6 Å². The Morgan fingerprint density at radius 3 is 2.11 bits per heavy atom. The molecule has 1 aromatic rings. The first-order valence-electron chi connectivity index (χ1n) is 5.25. The molecule has 0 N–H and O–H groups in total. The number of hydrogen-bond donors (Lipinski definition) is 0. The van der Waals surface area contributed by atoms with Crippen LogP contribution in [0.3, 0.4) is 0 Å². The Kier molecular flexibility index (Phi) is 3.36. The molecule has 0 bridgehead atoms. The van der Waals surface area contributed by atoms with Crippen molar-refractivity contribution in [2.75, 3.05) is 27.9 Å². The summed E-state index contributed by atoms with van der Waals surface area (Å²) in [5.74, 6) is 1.33. The van der Waals surface area contributed by atoms with Crippen LogP contribution in [0.2, 0.25) is 0 Å². The van der Waals surface area contributed by atoms with Crippen LogP contribution in [0.25, 0.3) is 0 Å². The molecule has 0 amide bonds. The molecule has 1 heterocycles. The van der Waals surface area contributed by atoms with Crippen LogP contribution in [-0.4, -0.2) is 39.7 Å². The van der Waals surface area contributed by atoms with Gasteiger partial charge in [-0.3, -0.25) is 0 Å². The van der Waals surface area contributed by atoms with E-state index in [4.69, 9.17) is 18.9 Å². The SMILES string of the molecule is COc1cc(C2=NCC(=O)O2)cc(OC)c1OC. The fraction of sp³-hybridized carbons (Fsp3) is 0.333. The van der Waals surface area contributed by atoms with Crippen LogP contribution in [0.1, 0.15) is 5.56 Å². The van der Waals surface area contributed by atoms with Gasteiger partial charge in [0.25, 0.3) is 0 Å². The molecule has 6 nitrogen and oxygen atoms in total. The van der Waals surface area contributed by atoms with E-state index in [1.807, 2.05) is 0 Å². The average molecular weight is 251 g/mol. The summed E-state index contributed by atoms with van der Waals surface area (Å²) < 4.78 is 20.6. The highest BCUT2D eigenvalue weighted by atomic mass is 16.6. The van der Waals surface area contributed by atoms with Crippen molar-refractivity contribution in [1.82, 2.24) is 0 Å². The van der Waals surface area contributed by atoms with Gasteiger partial charge in [0.1, 0.15) is 6.54 Å². The number of hydrogen-bond acceptors (Lipinski definition) is 6. The average Bonchev–Trinajstić information content (AvgIpc) is 2.83.